The zero-order valence-electron chi connectivity index (χ0n) is 37.8. The summed E-state index contributed by atoms with van der Waals surface area (Å²) in [7, 11) is 0. The Morgan fingerprint density at radius 3 is 2.44 bits per heavy atom. The van der Waals surface area contributed by atoms with Crippen molar-refractivity contribution in [1.29, 1.82) is 0 Å². The maximum Gasteiger partial charge on any atom is 0.304 e. The predicted octanol–water partition coefficient (Wildman–Crippen LogP) is 5.18. The van der Waals surface area contributed by atoms with Crippen molar-refractivity contribution < 1.29 is 29.0 Å². The normalized spacial score (nSPS) is 16.9. The summed E-state index contributed by atoms with van der Waals surface area (Å²) in [6, 6.07) is 12.8. The van der Waals surface area contributed by atoms with Crippen LogP contribution < -0.4 is 20.9 Å². The first kappa shape index (κ1) is 47.2. The number of fused-ring (bicyclic) bond motifs is 1. The Balaban J connectivity index is 0.990. The molecule has 2 fully saturated rings. The molecule has 3 amide bonds. The second kappa shape index (κ2) is 23.4. The van der Waals surface area contributed by atoms with Crippen molar-refractivity contribution in [1.82, 2.24) is 35.2 Å². The SMILES string of the molecule is C=C(C)COCCC(=O)NCCCNC(=O)CCCC(=O)N1CCN(c2cc([C@@H](CC(=O)O)CN3CC[C@@H](CCc4ccc5c(n4)NCCC5)C3)cc(-n3nc(C)cc3C)c2)CC1. The highest BCUT2D eigenvalue weighted by Gasteiger charge is 2.29. The average molecular weight is 868 g/mol. The number of carboxylic acids is 1. The van der Waals surface area contributed by atoms with Gasteiger partial charge in [0.25, 0.3) is 0 Å². The van der Waals surface area contributed by atoms with Gasteiger partial charge in [-0.25, -0.2) is 9.67 Å². The van der Waals surface area contributed by atoms with E-state index in [-0.39, 0.29) is 42.9 Å². The lowest BCUT2D eigenvalue weighted by Crippen LogP contribution is -2.48. The number of likely N-dealkylation sites (tertiary alicyclic amines) is 1. The molecule has 0 bridgehead atoms. The van der Waals surface area contributed by atoms with E-state index in [2.05, 4.69) is 62.7 Å². The van der Waals surface area contributed by atoms with Gasteiger partial charge in [0.05, 0.1) is 31.0 Å². The highest BCUT2D eigenvalue weighted by atomic mass is 16.5. The van der Waals surface area contributed by atoms with Gasteiger partial charge in [0.1, 0.15) is 5.82 Å². The van der Waals surface area contributed by atoms with E-state index >= 15 is 0 Å². The number of amides is 3. The summed E-state index contributed by atoms with van der Waals surface area (Å²) >= 11 is 0. The molecule has 15 nitrogen and oxygen atoms in total. The van der Waals surface area contributed by atoms with Gasteiger partial charge in [0, 0.05) is 101 Å². The van der Waals surface area contributed by atoms with Crippen LogP contribution in [-0.2, 0) is 36.8 Å². The largest absolute Gasteiger partial charge is 0.481 e. The quantitative estimate of drug-likeness (QED) is 0.0731. The molecule has 0 aliphatic carbocycles. The predicted molar refractivity (Wildman–Crippen MR) is 245 cm³/mol. The van der Waals surface area contributed by atoms with Gasteiger partial charge < -0.3 is 40.5 Å². The maximum atomic E-state index is 13.2. The fourth-order valence-electron chi connectivity index (χ4n) is 8.94. The van der Waals surface area contributed by atoms with Crippen molar-refractivity contribution in [3.05, 3.63) is 76.8 Å². The molecule has 3 aliphatic rings. The van der Waals surface area contributed by atoms with E-state index in [0.29, 0.717) is 84.2 Å². The minimum atomic E-state index is -0.816. The number of aryl methyl sites for hydroxylation is 4. The first-order valence-corrected chi connectivity index (χ1v) is 23.0. The number of ether oxygens (including phenoxy) is 1. The number of hydrogen-bond acceptors (Lipinski definition) is 10. The highest BCUT2D eigenvalue weighted by molar-refractivity contribution is 5.79. The van der Waals surface area contributed by atoms with Crippen LogP contribution in [0.4, 0.5) is 11.5 Å². The number of carbonyl (C=O) groups is 4. The summed E-state index contributed by atoms with van der Waals surface area (Å²) in [4.78, 5) is 61.5. The Hall–Kier alpha value is -5.28. The molecule has 3 aliphatic heterocycles. The summed E-state index contributed by atoms with van der Waals surface area (Å²) in [5, 5.41) is 24.1. The van der Waals surface area contributed by atoms with Crippen molar-refractivity contribution in [2.24, 2.45) is 5.92 Å². The molecule has 2 atom stereocenters. The molecule has 6 rings (SSSR count). The molecule has 342 valence electrons. The molecular formula is C48H69N9O6. The Kier molecular flexibility index (Phi) is 17.5. The fourth-order valence-corrected chi connectivity index (χ4v) is 8.94. The highest BCUT2D eigenvalue weighted by Crippen LogP contribution is 2.33. The van der Waals surface area contributed by atoms with Crippen LogP contribution in [-0.4, -0.2) is 132 Å². The Morgan fingerprint density at radius 2 is 1.71 bits per heavy atom. The van der Waals surface area contributed by atoms with E-state index in [4.69, 9.17) is 14.8 Å². The number of pyridine rings is 1. The van der Waals surface area contributed by atoms with Gasteiger partial charge in [-0.3, -0.25) is 19.2 Å². The molecule has 2 saturated heterocycles. The number of rotatable bonds is 23. The van der Waals surface area contributed by atoms with Gasteiger partial charge in [0.2, 0.25) is 17.7 Å². The lowest BCUT2D eigenvalue weighted by molar-refractivity contribution is -0.137. The second-order valence-electron chi connectivity index (χ2n) is 17.7. The summed E-state index contributed by atoms with van der Waals surface area (Å²) in [5.41, 5.74) is 8.14. The van der Waals surface area contributed by atoms with Crippen LogP contribution in [0.2, 0.25) is 0 Å². The number of carbonyl (C=O) groups excluding carboxylic acids is 3. The number of aromatic nitrogens is 3. The zero-order valence-corrected chi connectivity index (χ0v) is 37.8. The summed E-state index contributed by atoms with van der Waals surface area (Å²) in [6.07, 6.45) is 7.27. The van der Waals surface area contributed by atoms with Crippen LogP contribution in [0.25, 0.3) is 5.69 Å². The van der Waals surface area contributed by atoms with Crippen molar-refractivity contribution in [2.45, 2.75) is 97.3 Å². The molecule has 63 heavy (non-hydrogen) atoms. The molecule has 0 spiro atoms. The van der Waals surface area contributed by atoms with E-state index in [0.717, 1.165) is 97.1 Å². The van der Waals surface area contributed by atoms with Crippen molar-refractivity contribution >= 4 is 35.2 Å². The van der Waals surface area contributed by atoms with Crippen LogP contribution in [0.3, 0.4) is 0 Å². The zero-order chi connectivity index (χ0) is 44.7. The van der Waals surface area contributed by atoms with Crippen LogP contribution in [0.5, 0.6) is 0 Å². The van der Waals surface area contributed by atoms with Crippen LogP contribution in [0.1, 0.15) is 98.8 Å². The number of piperazine rings is 1. The minimum absolute atomic E-state index is 0.0265. The van der Waals surface area contributed by atoms with Gasteiger partial charge >= 0.3 is 5.97 Å². The maximum absolute atomic E-state index is 13.2. The lowest BCUT2D eigenvalue weighted by atomic mass is 9.93. The van der Waals surface area contributed by atoms with Gasteiger partial charge in [-0.2, -0.15) is 5.10 Å². The van der Waals surface area contributed by atoms with Crippen molar-refractivity contribution in [2.75, 3.05) is 88.9 Å². The van der Waals surface area contributed by atoms with Crippen LogP contribution in [0, 0.1) is 19.8 Å². The molecule has 0 unspecified atom stereocenters. The Bertz CT molecular complexity index is 2040. The molecule has 0 saturated carbocycles. The molecule has 4 N–H and O–H groups in total. The smallest absolute Gasteiger partial charge is 0.304 e. The number of nitrogens with zero attached hydrogens (tertiary/aromatic N) is 6. The van der Waals surface area contributed by atoms with E-state index in [1.54, 1.807) is 0 Å². The third-order valence-corrected chi connectivity index (χ3v) is 12.3. The van der Waals surface area contributed by atoms with E-state index < -0.39 is 5.97 Å². The number of nitrogens with one attached hydrogen (secondary N) is 3. The van der Waals surface area contributed by atoms with Gasteiger partial charge in [-0.1, -0.05) is 18.2 Å². The molecule has 0 radical (unpaired) electrons. The number of benzene rings is 1. The standard InChI is InChI=1S/C48H69N9O6/c1-34(2)33-63-25-16-45(59)50-19-7-18-49-44(58)9-5-10-46(60)56-23-21-55(22-24-56)42-27-39(28-43(30-42)57-36(4)26-35(3)53-57)40(29-47(61)62)32-54-20-15-37(31-54)11-13-41-14-12-38-8-6-17-51-48(38)52-41/h12,14,26-28,30,37,40H,1,5-11,13,15-25,29,31-33H2,2-4H3,(H,49,58)(H,50,59)(H,51,52)(H,61,62)/t37-,40+/m1/s1. The minimum Gasteiger partial charge on any atom is -0.481 e. The molecule has 1 aromatic carbocycles. The Morgan fingerprint density at radius 1 is 0.952 bits per heavy atom. The molecule has 5 heterocycles. The topological polar surface area (TPSA) is 174 Å². The van der Waals surface area contributed by atoms with Crippen LogP contribution in [0.15, 0.2) is 48.6 Å². The number of anilines is 2. The second-order valence-corrected chi connectivity index (χ2v) is 17.7. The van der Waals surface area contributed by atoms with E-state index in [1.807, 2.05) is 36.4 Å². The summed E-state index contributed by atoms with van der Waals surface area (Å²) in [5.74, 6) is 0.394. The van der Waals surface area contributed by atoms with Gasteiger partial charge in [-0.05, 0) is 120 Å². The third kappa shape index (κ3) is 14.6. The number of aliphatic carboxylic acids is 1. The van der Waals surface area contributed by atoms with Gasteiger partial charge in [-0.15, -0.1) is 0 Å². The molecule has 2 aromatic heterocycles. The van der Waals surface area contributed by atoms with Gasteiger partial charge in [0.15, 0.2) is 0 Å². The third-order valence-electron chi connectivity index (χ3n) is 12.3. The first-order chi connectivity index (χ1) is 30.4. The average Bonchev–Trinajstić information content (AvgIpc) is 3.87. The summed E-state index contributed by atoms with van der Waals surface area (Å²) < 4.78 is 7.30. The Labute approximate surface area is 373 Å². The number of hydrogen-bond donors (Lipinski definition) is 4. The molecular weight excluding hydrogens is 799 g/mol. The van der Waals surface area contributed by atoms with Crippen molar-refractivity contribution in [3.63, 3.8) is 0 Å². The lowest BCUT2D eigenvalue weighted by Gasteiger charge is -2.37. The first-order valence-electron chi connectivity index (χ1n) is 23.0. The van der Waals surface area contributed by atoms with Crippen LogP contribution >= 0.6 is 0 Å². The van der Waals surface area contributed by atoms with E-state index in [1.165, 1.54) is 5.56 Å². The monoisotopic (exact) mass is 868 g/mol. The summed E-state index contributed by atoms with van der Waals surface area (Å²) in [6.45, 7) is 17.3. The molecule has 15 heteroatoms. The van der Waals surface area contributed by atoms with E-state index in [9.17, 15) is 24.3 Å². The molecule has 3 aromatic rings. The fraction of sp³-hybridized carbons (Fsp3) is 0.583. The van der Waals surface area contributed by atoms with Crippen molar-refractivity contribution in [3.8, 4) is 5.69 Å². The number of carboxylic acid groups (broad SMARTS) is 1.